The summed E-state index contributed by atoms with van der Waals surface area (Å²) in [5.74, 6) is 0.824. The van der Waals surface area contributed by atoms with Crippen LogP contribution in [0.25, 0.3) is 0 Å². The molecule has 0 bridgehead atoms. The summed E-state index contributed by atoms with van der Waals surface area (Å²) in [6.45, 7) is 0.873. The van der Waals surface area contributed by atoms with E-state index in [1.807, 2.05) is 36.7 Å². The van der Waals surface area contributed by atoms with Gasteiger partial charge < -0.3 is 10.1 Å². The Kier molecular flexibility index (Phi) is 3.32. The van der Waals surface area contributed by atoms with Crippen molar-refractivity contribution in [1.29, 1.82) is 0 Å². The highest BCUT2D eigenvalue weighted by atomic mass is 32.1. The quantitative estimate of drug-likeness (QED) is 0.860. The van der Waals surface area contributed by atoms with Crippen LogP contribution in [0, 0.1) is 0 Å². The average molecular weight is 220 g/mol. The van der Waals surface area contributed by atoms with Crippen molar-refractivity contribution in [2.45, 2.75) is 6.54 Å². The number of aromatic nitrogens is 1. The molecule has 0 aliphatic heterocycles. The Morgan fingerprint density at radius 2 is 2.13 bits per heavy atom. The van der Waals surface area contributed by atoms with Gasteiger partial charge in [-0.15, -0.1) is 0 Å². The molecule has 0 fully saturated rings. The number of thiazole rings is 1. The minimum absolute atomic E-state index is 0.677. The van der Waals surface area contributed by atoms with Gasteiger partial charge in [-0.3, -0.25) is 0 Å². The van der Waals surface area contributed by atoms with E-state index in [1.54, 1.807) is 6.20 Å². The van der Waals surface area contributed by atoms with Crippen molar-refractivity contribution < 1.29 is 4.74 Å². The fraction of sp³-hybridized carbons (Fsp3) is 0.182. The number of nitrogens with one attached hydrogen (secondary N) is 1. The van der Waals surface area contributed by atoms with Crippen LogP contribution in [-0.2, 0) is 6.54 Å². The number of ether oxygens (including phenoxy) is 1. The van der Waals surface area contributed by atoms with E-state index in [0.717, 1.165) is 12.3 Å². The fourth-order valence-electron chi connectivity index (χ4n) is 1.24. The number of hydrogen-bond acceptors (Lipinski definition) is 4. The van der Waals surface area contributed by atoms with E-state index >= 15 is 0 Å². The summed E-state index contributed by atoms with van der Waals surface area (Å²) in [4.78, 5) is 4.05. The molecule has 0 amide bonds. The Balaban J connectivity index is 2.04. The molecule has 78 valence electrons. The van der Waals surface area contributed by atoms with Crippen molar-refractivity contribution in [3.8, 4) is 10.9 Å². The first-order chi connectivity index (χ1) is 7.38. The summed E-state index contributed by atoms with van der Waals surface area (Å²) in [7, 11) is 1.93. The summed E-state index contributed by atoms with van der Waals surface area (Å²) in [5, 5.41) is 5.67. The molecule has 4 heteroatoms. The monoisotopic (exact) mass is 220 g/mol. The molecular weight excluding hydrogens is 208 g/mol. The van der Waals surface area contributed by atoms with Gasteiger partial charge in [-0.2, -0.15) is 0 Å². The van der Waals surface area contributed by atoms with E-state index in [-0.39, 0.29) is 0 Å². The van der Waals surface area contributed by atoms with Crippen molar-refractivity contribution in [3.63, 3.8) is 0 Å². The number of hydrogen-bond donors (Lipinski definition) is 1. The lowest BCUT2D eigenvalue weighted by molar-refractivity contribution is 0.478. The Labute approximate surface area is 92.7 Å². The first-order valence-corrected chi connectivity index (χ1v) is 5.57. The van der Waals surface area contributed by atoms with Gasteiger partial charge in [-0.1, -0.05) is 23.5 Å². The molecule has 1 heterocycles. The average Bonchev–Trinajstić information content (AvgIpc) is 2.74. The second-order valence-corrected chi connectivity index (χ2v) is 3.93. The molecule has 1 N–H and O–H groups in total. The number of nitrogens with zero attached hydrogens (tertiary/aromatic N) is 1. The van der Waals surface area contributed by atoms with E-state index in [2.05, 4.69) is 10.3 Å². The lowest BCUT2D eigenvalue weighted by Crippen LogP contribution is -2.04. The minimum atomic E-state index is 0.677. The largest absolute Gasteiger partial charge is 0.431 e. The summed E-state index contributed by atoms with van der Waals surface area (Å²) >= 11 is 1.49. The van der Waals surface area contributed by atoms with Crippen LogP contribution in [0.3, 0.4) is 0 Å². The van der Waals surface area contributed by atoms with Gasteiger partial charge in [0.05, 0.1) is 0 Å². The maximum absolute atomic E-state index is 5.54. The van der Waals surface area contributed by atoms with Gasteiger partial charge in [0.15, 0.2) is 0 Å². The summed E-state index contributed by atoms with van der Waals surface area (Å²) < 4.78 is 5.54. The van der Waals surface area contributed by atoms with Crippen molar-refractivity contribution >= 4 is 11.3 Å². The topological polar surface area (TPSA) is 34.1 Å². The normalized spacial score (nSPS) is 10.2. The maximum atomic E-state index is 5.54. The van der Waals surface area contributed by atoms with E-state index in [1.165, 1.54) is 16.9 Å². The molecule has 0 saturated carbocycles. The van der Waals surface area contributed by atoms with Crippen LogP contribution >= 0.6 is 11.3 Å². The molecule has 1 aromatic carbocycles. The smallest absolute Gasteiger partial charge is 0.278 e. The highest BCUT2D eigenvalue weighted by Gasteiger charge is 1.98. The van der Waals surface area contributed by atoms with Gasteiger partial charge in [0.1, 0.15) is 5.75 Å². The molecule has 0 radical (unpaired) electrons. The molecule has 15 heavy (non-hydrogen) atoms. The first kappa shape index (κ1) is 10.1. The predicted octanol–water partition coefficient (Wildman–Crippen LogP) is 2.65. The van der Waals surface area contributed by atoms with Crippen LogP contribution in [0.15, 0.2) is 35.8 Å². The highest BCUT2D eigenvalue weighted by Crippen LogP contribution is 2.23. The molecule has 0 aliphatic rings. The molecular formula is C11H12N2OS. The third kappa shape index (κ3) is 2.78. The van der Waals surface area contributed by atoms with Gasteiger partial charge in [0.25, 0.3) is 5.19 Å². The van der Waals surface area contributed by atoms with E-state index in [0.29, 0.717) is 5.19 Å². The Bertz CT molecular complexity index is 397. The van der Waals surface area contributed by atoms with Crippen LogP contribution in [0.5, 0.6) is 10.9 Å². The SMILES string of the molecule is CNCc1ccc(Oc2nccs2)cc1. The second kappa shape index (κ2) is 4.91. The van der Waals surface area contributed by atoms with Crippen LogP contribution < -0.4 is 10.1 Å². The standard InChI is InChI=1S/C11H12N2OS/c1-12-8-9-2-4-10(5-3-9)14-11-13-6-7-15-11/h2-7,12H,8H2,1H3. The third-order valence-electron chi connectivity index (χ3n) is 1.92. The molecule has 0 saturated heterocycles. The van der Waals surface area contributed by atoms with Crippen LogP contribution in [0.4, 0.5) is 0 Å². The lowest BCUT2D eigenvalue weighted by atomic mass is 10.2. The Hall–Kier alpha value is -1.39. The van der Waals surface area contributed by atoms with Gasteiger partial charge in [-0.25, -0.2) is 4.98 Å². The van der Waals surface area contributed by atoms with E-state index < -0.39 is 0 Å². The highest BCUT2D eigenvalue weighted by molar-refractivity contribution is 7.11. The zero-order chi connectivity index (χ0) is 10.5. The van der Waals surface area contributed by atoms with Gasteiger partial charge in [-0.05, 0) is 24.7 Å². The minimum Gasteiger partial charge on any atom is -0.431 e. The van der Waals surface area contributed by atoms with Crippen LogP contribution in [0.2, 0.25) is 0 Å². The van der Waals surface area contributed by atoms with Gasteiger partial charge in [0.2, 0.25) is 0 Å². The molecule has 0 aliphatic carbocycles. The van der Waals surface area contributed by atoms with Crippen molar-refractivity contribution in [2.75, 3.05) is 7.05 Å². The molecule has 2 aromatic rings. The lowest BCUT2D eigenvalue weighted by Gasteiger charge is -2.03. The van der Waals surface area contributed by atoms with Crippen molar-refractivity contribution in [2.24, 2.45) is 0 Å². The number of benzene rings is 1. The van der Waals surface area contributed by atoms with E-state index in [9.17, 15) is 0 Å². The zero-order valence-corrected chi connectivity index (χ0v) is 9.25. The van der Waals surface area contributed by atoms with E-state index in [4.69, 9.17) is 4.74 Å². The summed E-state index contributed by atoms with van der Waals surface area (Å²) in [5.41, 5.74) is 1.24. The molecule has 2 rings (SSSR count). The maximum Gasteiger partial charge on any atom is 0.278 e. The van der Waals surface area contributed by atoms with Crippen LogP contribution in [-0.4, -0.2) is 12.0 Å². The molecule has 0 atom stereocenters. The molecule has 1 aromatic heterocycles. The first-order valence-electron chi connectivity index (χ1n) is 4.69. The molecule has 3 nitrogen and oxygen atoms in total. The van der Waals surface area contributed by atoms with Gasteiger partial charge in [0, 0.05) is 18.1 Å². The van der Waals surface area contributed by atoms with Crippen molar-refractivity contribution in [1.82, 2.24) is 10.3 Å². The third-order valence-corrected chi connectivity index (χ3v) is 2.57. The summed E-state index contributed by atoms with van der Waals surface area (Å²) in [6.07, 6.45) is 1.73. The summed E-state index contributed by atoms with van der Waals surface area (Å²) in [6, 6.07) is 7.99. The van der Waals surface area contributed by atoms with Crippen LogP contribution in [0.1, 0.15) is 5.56 Å². The Morgan fingerprint density at radius 3 is 2.73 bits per heavy atom. The molecule has 0 unspecified atom stereocenters. The number of rotatable bonds is 4. The fourth-order valence-corrected chi connectivity index (χ4v) is 1.75. The van der Waals surface area contributed by atoms with Gasteiger partial charge >= 0.3 is 0 Å². The molecule has 0 spiro atoms. The zero-order valence-electron chi connectivity index (χ0n) is 8.43. The second-order valence-electron chi connectivity index (χ2n) is 3.07. The van der Waals surface area contributed by atoms with Crippen molar-refractivity contribution in [3.05, 3.63) is 41.4 Å². The Morgan fingerprint density at radius 1 is 1.33 bits per heavy atom. The predicted molar refractivity (Wildman–Crippen MR) is 61.4 cm³/mol.